The minimum absolute atomic E-state index is 0.211. The fourth-order valence-corrected chi connectivity index (χ4v) is 3.33. The predicted molar refractivity (Wildman–Crippen MR) is 118 cm³/mol. The normalized spacial score (nSPS) is 19.1. The third-order valence-corrected chi connectivity index (χ3v) is 5.05. The molecule has 172 valence electrons. The van der Waals surface area contributed by atoms with Gasteiger partial charge in [-0.05, 0) is 36.4 Å². The fraction of sp³-hybridized carbons (Fsp3) is 0.154. The van der Waals surface area contributed by atoms with Crippen molar-refractivity contribution >= 4 is 23.9 Å². The highest BCUT2D eigenvalue weighted by Gasteiger charge is 2.51. The molecule has 2 unspecified atom stereocenters. The summed E-state index contributed by atoms with van der Waals surface area (Å²) in [5.74, 6) is -3.08. The zero-order chi connectivity index (χ0) is 23.9. The van der Waals surface area contributed by atoms with Crippen molar-refractivity contribution < 1.29 is 38.1 Å². The van der Waals surface area contributed by atoms with Crippen molar-refractivity contribution in [3.05, 3.63) is 108 Å². The second-order valence-electron chi connectivity index (χ2n) is 7.37. The van der Waals surface area contributed by atoms with Gasteiger partial charge in [0, 0.05) is 0 Å². The minimum atomic E-state index is -1.53. The average Bonchev–Trinajstić information content (AvgIpc) is 3.17. The molecule has 0 amide bonds. The molecule has 0 saturated carbocycles. The lowest BCUT2D eigenvalue weighted by Gasteiger charge is -2.21. The lowest BCUT2D eigenvalue weighted by Crippen LogP contribution is -2.41. The van der Waals surface area contributed by atoms with Gasteiger partial charge < -0.3 is 18.9 Å². The topological polar surface area (TPSA) is 105 Å². The molecule has 3 atom stereocenters. The Balaban J connectivity index is 1.51. The van der Waals surface area contributed by atoms with Gasteiger partial charge >= 0.3 is 23.9 Å². The van der Waals surface area contributed by atoms with Crippen molar-refractivity contribution in [2.45, 2.75) is 18.3 Å². The molecule has 8 heteroatoms. The molecule has 4 rings (SSSR count). The Morgan fingerprint density at radius 1 is 0.647 bits per heavy atom. The minimum Gasteiger partial charge on any atom is -0.458 e. The summed E-state index contributed by atoms with van der Waals surface area (Å²) >= 11 is 0. The number of ether oxygens (including phenoxy) is 4. The highest BCUT2D eigenvalue weighted by Crippen LogP contribution is 2.25. The van der Waals surface area contributed by atoms with E-state index in [2.05, 4.69) is 0 Å². The van der Waals surface area contributed by atoms with E-state index in [4.69, 9.17) is 18.9 Å². The van der Waals surface area contributed by atoms with Crippen LogP contribution >= 0.6 is 0 Å². The van der Waals surface area contributed by atoms with Crippen LogP contribution in [0, 0.1) is 0 Å². The third-order valence-electron chi connectivity index (χ3n) is 5.05. The van der Waals surface area contributed by atoms with Crippen molar-refractivity contribution in [1.82, 2.24) is 0 Å². The summed E-state index contributed by atoms with van der Waals surface area (Å²) in [6, 6.07) is 24.4. The quantitative estimate of drug-likeness (QED) is 0.391. The monoisotopic (exact) mass is 460 g/mol. The molecular weight excluding hydrogens is 440 g/mol. The van der Waals surface area contributed by atoms with Crippen LogP contribution in [0.4, 0.5) is 0 Å². The second kappa shape index (κ2) is 10.4. The van der Waals surface area contributed by atoms with Gasteiger partial charge in [0.1, 0.15) is 6.61 Å². The first-order valence-electron chi connectivity index (χ1n) is 10.5. The average molecular weight is 460 g/mol. The summed E-state index contributed by atoms with van der Waals surface area (Å²) in [6.45, 7) is -0.397. The summed E-state index contributed by atoms with van der Waals surface area (Å²) < 4.78 is 21.4. The Labute approximate surface area is 195 Å². The van der Waals surface area contributed by atoms with Crippen LogP contribution in [0.5, 0.6) is 0 Å². The molecule has 1 aliphatic heterocycles. The molecule has 0 aromatic heterocycles. The Kier molecular flexibility index (Phi) is 6.98. The molecule has 1 saturated heterocycles. The third kappa shape index (κ3) is 5.29. The van der Waals surface area contributed by atoms with Gasteiger partial charge in [-0.15, -0.1) is 0 Å². The van der Waals surface area contributed by atoms with E-state index in [1.165, 1.54) is 24.3 Å². The molecule has 34 heavy (non-hydrogen) atoms. The zero-order valence-electron chi connectivity index (χ0n) is 17.9. The highest BCUT2D eigenvalue weighted by atomic mass is 16.7. The number of hydrogen-bond acceptors (Lipinski definition) is 8. The van der Waals surface area contributed by atoms with E-state index >= 15 is 0 Å². The Bertz CT molecular complexity index is 1160. The van der Waals surface area contributed by atoms with E-state index in [1.54, 1.807) is 66.7 Å². The number of esters is 4. The van der Waals surface area contributed by atoms with Crippen LogP contribution in [-0.2, 0) is 23.7 Å². The standard InChI is InChI=1S/C26H20O8/c27-23(17-10-4-1-5-11-17)31-16-20-21(33-24(28)18-12-6-2-7-13-18)22(26(30)32-20)34-25(29)19-14-8-3-9-15-19/h1-15,20-22H,16H2/t20-,21?,22?/m0/s1. The summed E-state index contributed by atoms with van der Waals surface area (Å²) in [7, 11) is 0. The first-order chi connectivity index (χ1) is 16.5. The van der Waals surface area contributed by atoms with Crippen LogP contribution in [-0.4, -0.2) is 48.8 Å². The maximum Gasteiger partial charge on any atom is 0.352 e. The van der Waals surface area contributed by atoms with Crippen LogP contribution in [0.1, 0.15) is 31.1 Å². The maximum atomic E-state index is 12.7. The van der Waals surface area contributed by atoms with Crippen LogP contribution in [0.3, 0.4) is 0 Å². The number of hydrogen-bond donors (Lipinski definition) is 0. The number of carbonyl (C=O) groups excluding carboxylic acids is 4. The van der Waals surface area contributed by atoms with E-state index in [0.29, 0.717) is 5.56 Å². The second-order valence-corrected chi connectivity index (χ2v) is 7.37. The van der Waals surface area contributed by atoms with Gasteiger partial charge in [0.25, 0.3) is 0 Å². The molecule has 0 bridgehead atoms. The molecular formula is C26H20O8. The number of cyclic esters (lactones) is 1. The maximum absolute atomic E-state index is 12.7. The molecule has 0 aliphatic carbocycles. The van der Waals surface area contributed by atoms with Gasteiger partial charge in [-0.25, -0.2) is 19.2 Å². The summed E-state index contributed by atoms with van der Waals surface area (Å²) in [5, 5.41) is 0. The molecule has 1 heterocycles. The lowest BCUT2D eigenvalue weighted by atomic mass is 10.1. The SMILES string of the molecule is O=C(OC[C@@H]1OC(=O)C(OC(=O)c2ccccc2)C1OC(=O)c1ccccc1)c1ccccc1. The van der Waals surface area contributed by atoms with Crippen molar-refractivity contribution in [1.29, 1.82) is 0 Å². The highest BCUT2D eigenvalue weighted by molar-refractivity contribution is 5.93. The molecule has 1 aliphatic rings. The van der Waals surface area contributed by atoms with Crippen molar-refractivity contribution in [2.75, 3.05) is 6.61 Å². The molecule has 3 aromatic rings. The molecule has 0 spiro atoms. The van der Waals surface area contributed by atoms with Gasteiger partial charge in [-0.2, -0.15) is 0 Å². The van der Waals surface area contributed by atoms with Gasteiger partial charge in [0.2, 0.25) is 6.10 Å². The van der Waals surface area contributed by atoms with Crippen LogP contribution in [0.2, 0.25) is 0 Å². The molecule has 8 nitrogen and oxygen atoms in total. The van der Waals surface area contributed by atoms with Gasteiger partial charge in [0.15, 0.2) is 12.2 Å². The van der Waals surface area contributed by atoms with Gasteiger partial charge in [-0.3, -0.25) is 0 Å². The summed E-state index contributed by atoms with van der Waals surface area (Å²) in [4.78, 5) is 50.1. The van der Waals surface area contributed by atoms with E-state index < -0.39 is 48.8 Å². The Morgan fingerprint density at radius 2 is 1.09 bits per heavy atom. The van der Waals surface area contributed by atoms with Gasteiger partial charge in [0.05, 0.1) is 16.7 Å². The van der Waals surface area contributed by atoms with Crippen molar-refractivity contribution in [2.24, 2.45) is 0 Å². The Hall–Kier alpha value is -4.46. The number of rotatable bonds is 7. The van der Waals surface area contributed by atoms with Crippen molar-refractivity contribution in [3.63, 3.8) is 0 Å². The smallest absolute Gasteiger partial charge is 0.352 e. The Morgan fingerprint density at radius 3 is 1.59 bits per heavy atom. The van der Waals surface area contributed by atoms with Crippen LogP contribution in [0.25, 0.3) is 0 Å². The van der Waals surface area contributed by atoms with E-state index in [-0.39, 0.29) is 11.1 Å². The summed E-state index contributed by atoms with van der Waals surface area (Å²) in [6.07, 6.45) is -4.02. The van der Waals surface area contributed by atoms with Crippen molar-refractivity contribution in [3.8, 4) is 0 Å². The predicted octanol–water partition coefficient (Wildman–Crippen LogP) is 3.22. The largest absolute Gasteiger partial charge is 0.458 e. The summed E-state index contributed by atoms with van der Waals surface area (Å²) in [5.41, 5.74) is 0.745. The van der Waals surface area contributed by atoms with E-state index in [1.807, 2.05) is 0 Å². The lowest BCUT2D eigenvalue weighted by molar-refractivity contribution is -0.148. The van der Waals surface area contributed by atoms with E-state index in [9.17, 15) is 19.2 Å². The molecule has 3 aromatic carbocycles. The first-order valence-corrected chi connectivity index (χ1v) is 10.5. The van der Waals surface area contributed by atoms with E-state index in [0.717, 1.165) is 0 Å². The number of carbonyl (C=O) groups is 4. The molecule has 1 fully saturated rings. The zero-order valence-corrected chi connectivity index (χ0v) is 17.9. The first kappa shape index (κ1) is 22.7. The fourth-order valence-electron chi connectivity index (χ4n) is 3.33. The van der Waals surface area contributed by atoms with Crippen LogP contribution in [0.15, 0.2) is 91.0 Å². The van der Waals surface area contributed by atoms with Gasteiger partial charge in [-0.1, -0.05) is 54.6 Å². The molecule has 0 N–H and O–H groups in total. The number of benzene rings is 3. The molecule has 0 radical (unpaired) electrons. The van der Waals surface area contributed by atoms with Crippen LogP contribution < -0.4 is 0 Å².